The summed E-state index contributed by atoms with van der Waals surface area (Å²) in [5, 5.41) is 20.3. The summed E-state index contributed by atoms with van der Waals surface area (Å²) in [6.07, 6.45) is 6.54. The van der Waals surface area contributed by atoms with Crippen LogP contribution in [0.15, 0.2) is 24.5 Å². The van der Waals surface area contributed by atoms with E-state index in [0.717, 1.165) is 43.2 Å². The molecular weight excluding hydrogens is 290 g/mol. The molecule has 0 aromatic heterocycles. The Labute approximate surface area is 136 Å². The van der Waals surface area contributed by atoms with Crippen molar-refractivity contribution in [3.63, 3.8) is 0 Å². The van der Waals surface area contributed by atoms with Crippen LogP contribution in [0.25, 0.3) is 5.57 Å². The van der Waals surface area contributed by atoms with Gasteiger partial charge in [0.1, 0.15) is 12.0 Å². The lowest BCUT2D eigenvalue weighted by Gasteiger charge is -2.50. The first-order valence-electron chi connectivity index (χ1n) is 8.60. The van der Waals surface area contributed by atoms with Crippen molar-refractivity contribution in [3.8, 4) is 5.75 Å². The summed E-state index contributed by atoms with van der Waals surface area (Å²) in [6, 6.07) is 5.66. The molecule has 1 aromatic rings. The average Bonchev–Trinajstić information content (AvgIpc) is 2.83. The fraction of sp³-hybridized carbons (Fsp3) is 0.579. The van der Waals surface area contributed by atoms with Gasteiger partial charge < -0.3 is 15.1 Å². The SMILES string of the molecule is CC12CC[C@@H]3c4ccc(O)cc4/C(=C/ON)CC3[C@@H]1CCC2O. The first kappa shape index (κ1) is 15.0. The molecule has 1 aromatic carbocycles. The number of rotatable bonds is 1. The predicted octanol–water partition coefficient (Wildman–Crippen LogP) is 3.30. The third-order valence-electron chi connectivity index (χ3n) is 6.84. The van der Waals surface area contributed by atoms with Crippen molar-refractivity contribution < 1.29 is 15.1 Å². The number of aliphatic hydroxyl groups is 1. The lowest BCUT2D eigenvalue weighted by Crippen LogP contribution is -2.43. The largest absolute Gasteiger partial charge is 0.508 e. The van der Waals surface area contributed by atoms with Gasteiger partial charge in [-0.2, -0.15) is 5.90 Å². The molecule has 4 nitrogen and oxygen atoms in total. The first-order valence-corrected chi connectivity index (χ1v) is 8.60. The van der Waals surface area contributed by atoms with Gasteiger partial charge in [0.2, 0.25) is 0 Å². The molecule has 23 heavy (non-hydrogen) atoms. The average molecular weight is 315 g/mol. The number of aliphatic hydroxyl groups excluding tert-OH is 1. The van der Waals surface area contributed by atoms with Crippen LogP contribution < -0.4 is 5.90 Å². The van der Waals surface area contributed by atoms with Crippen LogP contribution in [0, 0.1) is 17.3 Å². The molecule has 3 aliphatic rings. The minimum atomic E-state index is -0.173. The molecule has 0 amide bonds. The van der Waals surface area contributed by atoms with Crippen LogP contribution >= 0.6 is 0 Å². The Morgan fingerprint density at radius 2 is 2.13 bits per heavy atom. The Morgan fingerprint density at radius 3 is 2.91 bits per heavy atom. The Balaban J connectivity index is 1.79. The second-order valence-corrected chi connectivity index (χ2v) is 7.77. The van der Waals surface area contributed by atoms with E-state index in [1.807, 2.05) is 6.07 Å². The summed E-state index contributed by atoms with van der Waals surface area (Å²) in [6.45, 7) is 2.26. The predicted molar refractivity (Wildman–Crippen MR) is 88.3 cm³/mol. The van der Waals surface area contributed by atoms with Gasteiger partial charge in [-0.25, -0.2) is 0 Å². The van der Waals surface area contributed by atoms with Gasteiger partial charge in [-0.15, -0.1) is 0 Å². The quantitative estimate of drug-likeness (QED) is 0.549. The molecule has 2 saturated carbocycles. The summed E-state index contributed by atoms with van der Waals surface area (Å²) in [5.74, 6) is 7.14. The minimum Gasteiger partial charge on any atom is -0.508 e. The molecule has 0 heterocycles. The van der Waals surface area contributed by atoms with Crippen molar-refractivity contribution in [3.05, 3.63) is 35.6 Å². The van der Waals surface area contributed by atoms with E-state index in [0.29, 0.717) is 17.8 Å². The van der Waals surface area contributed by atoms with Gasteiger partial charge in [-0.1, -0.05) is 13.0 Å². The van der Waals surface area contributed by atoms with Gasteiger partial charge in [-0.05, 0) is 84.1 Å². The van der Waals surface area contributed by atoms with Crippen molar-refractivity contribution >= 4 is 5.57 Å². The maximum absolute atomic E-state index is 10.5. The monoisotopic (exact) mass is 315 g/mol. The Kier molecular flexibility index (Phi) is 3.43. The second-order valence-electron chi connectivity index (χ2n) is 7.77. The number of phenolic OH excluding ortho intramolecular Hbond substituents is 1. The summed E-state index contributed by atoms with van der Waals surface area (Å²) in [7, 11) is 0. The van der Waals surface area contributed by atoms with Crippen LogP contribution in [-0.2, 0) is 4.84 Å². The minimum absolute atomic E-state index is 0.0459. The van der Waals surface area contributed by atoms with E-state index in [-0.39, 0.29) is 17.3 Å². The van der Waals surface area contributed by atoms with Crippen molar-refractivity contribution in [2.45, 2.75) is 51.0 Å². The van der Waals surface area contributed by atoms with Crippen LogP contribution in [0.1, 0.15) is 56.1 Å². The molecule has 4 rings (SSSR count). The number of phenols is 1. The van der Waals surface area contributed by atoms with Crippen LogP contribution in [-0.4, -0.2) is 16.3 Å². The third-order valence-corrected chi connectivity index (χ3v) is 6.84. The summed E-state index contributed by atoms with van der Waals surface area (Å²) in [4.78, 5) is 4.82. The number of aromatic hydroxyl groups is 1. The summed E-state index contributed by atoms with van der Waals surface area (Å²) < 4.78 is 0. The van der Waals surface area contributed by atoms with Crippen molar-refractivity contribution in [1.29, 1.82) is 0 Å². The lowest BCUT2D eigenvalue weighted by molar-refractivity contribution is -0.0184. The molecule has 4 N–H and O–H groups in total. The zero-order chi connectivity index (χ0) is 16.2. The van der Waals surface area contributed by atoms with Crippen molar-refractivity contribution in [2.75, 3.05) is 0 Å². The Hall–Kier alpha value is -1.52. The third kappa shape index (κ3) is 2.12. The summed E-state index contributed by atoms with van der Waals surface area (Å²) >= 11 is 0. The standard InChI is InChI=1S/C19H25NO3/c1-19-7-6-14-13-3-2-12(21)9-15(13)11(10-23-20)8-16(14)17(19)4-5-18(19)22/h2-3,9-10,14,16-18,21-22H,4-8,20H2,1H3/b11-10+/t14-,16?,17+,18?,19?/m1/s1. The molecule has 2 fully saturated rings. The maximum atomic E-state index is 10.5. The first-order chi connectivity index (χ1) is 11.0. The van der Waals surface area contributed by atoms with Gasteiger partial charge in [-0.3, -0.25) is 0 Å². The van der Waals surface area contributed by atoms with Crippen LogP contribution in [0.3, 0.4) is 0 Å². The highest BCUT2D eigenvalue weighted by molar-refractivity contribution is 5.72. The van der Waals surface area contributed by atoms with Gasteiger partial charge in [0.05, 0.1) is 6.10 Å². The van der Waals surface area contributed by atoms with E-state index in [9.17, 15) is 10.2 Å². The van der Waals surface area contributed by atoms with Gasteiger partial charge >= 0.3 is 0 Å². The zero-order valence-corrected chi connectivity index (χ0v) is 13.5. The second kappa shape index (κ2) is 5.25. The number of benzene rings is 1. The van der Waals surface area contributed by atoms with Crippen LogP contribution in [0.4, 0.5) is 0 Å². The molecule has 0 radical (unpaired) electrons. The zero-order valence-electron chi connectivity index (χ0n) is 13.5. The number of hydrogen-bond donors (Lipinski definition) is 3. The van der Waals surface area contributed by atoms with E-state index in [1.54, 1.807) is 12.3 Å². The van der Waals surface area contributed by atoms with E-state index in [2.05, 4.69) is 13.0 Å². The number of allylic oxidation sites excluding steroid dienone is 1. The van der Waals surface area contributed by atoms with E-state index < -0.39 is 0 Å². The van der Waals surface area contributed by atoms with E-state index in [1.165, 1.54) is 5.56 Å². The topological polar surface area (TPSA) is 75.7 Å². The number of nitrogens with two attached hydrogens (primary N) is 1. The smallest absolute Gasteiger partial charge is 0.116 e. The molecule has 124 valence electrons. The van der Waals surface area contributed by atoms with Gasteiger partial charge in [0, 0.05) is 0 Å². The Bertz CT molecular complexity index is 656. The van der Waals surface area contributed by atoms with E-state index >= 15 is 0 Å². The molecule has 5 atom stereocenters. The highest BCUT2D eigenvalue weighted by Gasteiger charge is 2.54. The summed E-state index contributed by atoms with van der Waals surface area (Å²) in [5.41, 5.74) is 3.47. The van der Waals surface area contributed by atoms with Crippen molar-refractivity contribution in [2.24, 2.45) is 23.1 Å². The normalized spacial score (nSPS) is 40.4. The molecule has 0 aliphatic heterocycles. The molecule has 0 spiro atoms. The molecule has 0 saturated heterocycles. The maximum Gasteiger partial charge on any atom is 0.116 e. The molecule has 4 heteroatoms. The molecular formula is C19H25NO3. The molecule has 3 aliphatic carbocycles. The molecule has 3 unspecified atom stereocenters. The van der Waals surface area contributed by atoms with Gasteiger partial charge in [0.25, 0.3) is 0 Å². The van der Waals surface area contributed by atoms with Gasteiger partial charge in [0.15, 0.2) is 0 Å². The van der Waals surface area contributed by atoms with Crippen molar-refractivity contribution in [1.82, 2.24) is 0 Å². The highest BCUT2D eigenvalue weighted by atomic mass is 16.6. The van der Waals surface area contributed by atoms with E-state index in [4.69, 9.17) is 10.7 Å². The molecule has 0 bridgehead atoms. The van der Waals surface area contributed by atoms with Crippen LogP contribution in [0.5, 0.6) is 5.75 Å². The fourth-order valence-electron chi connectivity index (χ4n) is 5.63. The fourth-order valence-corrected chi connectivity index (χ4v) is 5.63. The Morgan fingerprint density at radius 1 is 1.30 bits per heavy atom. The highest BCUT2D eigenvalue weighted by Crippen LogP contribution is 2.62. The van der Waals surface area contributed by atoms with Crippen LogP contribution in [0.2, 0.25) is 0 Å². The lowest BCUT2D eigenvalue weighted by atomic mass is 9.55. The number of hydrogen-bond acceptors (Lipinski definition) is 4. The number of fused-ring (bicyclic) bond motifs is 5.